The summed E-state index contributed by atoms with van der Waals surface area (Å²) in [5.41, 5.74) is 1.82. The molecule has 0 bridgehead atoms. The van der Waals surface area contributed by atoms with Crippen molar-refractivity contribution in [1.29, 1.82) is 0 Å². The molecule has 0 unspecified atom stereocenters. The molecule has 2 aliphatic heterocycles. The number of rotatable bonds is 4. The first-order chi connectivity index (χ1) is 17.3. The maximum absolute atomic E-state index is 13.9. The van der Waals surface area contributed by atoms with Crippen LogP contribution in [0.25, 0.3) is 0 Å². The highest BCUT2D eigenvalue weighted by Crippen LogP contribution is 2.34. The number of hydrogen-bond donors (Lipinski definition) is 0. The molecule has 0 spiro atoms. The Morgan fingerprint density at radius 2 is 1.78 bits per heavy atom. The van der Waals surface area contributed by atoms with E-state index in [2.05, 4.69) is 16.8 Å². The lowest BCUT2D eigenvalue weighted by atomic mass is 9.99. The Bertz CT molecular complexity index is 1320. The van der Waals surface area contributed by atoms with Crippen LogP contribution in [-0.4, -0.2) is 40.4 Å². The van der Waals surface area contributed by atoms with Crippen LogP contribution in [0.2, 0.25) is 10.0 Å². The molecule has 0 aliphatic carbocycles. The van der Waals surface area contributed by atoms with Crippen LogP contribution < -0.4 is 9.64 Å². The fourth-order valence-corrected chi connectivity index (χ4v) is 4.74. The summed E-state index contributed by atoms with van der Waals surface area (Å²) < 4.78 is 33.3. The molecular formula is C26H24Cl2F2N4O2. The van der Waals surface area contributed by atoms with Crippen molar-refractivity contribution in [3.63, 3.8) is 0 Å². The molecule has 0 saturated carbocycles. The second-order valence-electron chi connectivity index (χ2n) is 9.21. The minimum absolute atomic E-state index is 0.112. The third-order valence-corrected chi connectivity index (χ3v) is 7.38. The zero-order chi connectivity index (χ0) is 25.4. The first-order valence-corrected chi connectivity index (χ1v) is 12.6. The van der Waals surface area contributed by atoms with E-state index in [4.69, 9.17) is 32.9 Å². The van der Waals surface area contributed by atoms with Gasteiger partial charge < -0.3 is 14.5 Å². The molecule has 3 aromatic rings. The molecule has 10 heteroatoms. The van der Waals surface area contributed by atoms with Gasteiger partial charge in [-0.3, -0.25) is 4.79 Å². The summed E-state index contributed by atoms with van der Waals surface area (Å²) in [5.74, 6) is -0.676. The third-order valence-electron chi connectivity index (χ3n) is 6.64. The predicted molar refractivity (Wildman–Crippen MR) is 134 cm³/mol. The Kier molecular flexibility index (Phi) is 6.99. The summed E-state index contributed by atoms with van der Waals surface area (Å²) in [6.07, 6.45) is 2.56. The highest BCUT2D eigenvalue weighted by atomic mass is 35.5. The monoisotopic (exact) mass is 532 g/mol. The molecule has 188 valence electrons. The van der Waals surface area contributed by atoms with Crippen LogP contribution in [0.3, 0.4) is 0 Å². The molecule has 5 rings (SSSR count). The summed E-state index contributed by atoms with van der Waals surface area (Å²) in [4.78, 5) is 26.5. The molecule has 0 N–H and O–H groups in total. The average molecular weight is 533 g/mol. The normalized spacial score (nSPS) is 16.1. The van der Waals surface area contributed by atoms with Crippen LogP contribution >= 0.6 is 23.2 Å². The quantitative estimate of drug-likeness (QED) is 0.395. The number of nitrogens with zero attached hydrogens (tertiary/aromatic N) is 4. The third kappa shape index (κ3) is 5.11. The summed E-state index contributed by atoms with van der Waals surface area (Å²) in [6, 6.07) is 8.08. The van der Waals surface area contributed by atoms with Crippen LogP contribution in [0, 0.1) is 17.6 Å². The van der Waals surface area contributed by atoms with E-state index in [-0.39, 0.29) is 24.1 Å². The van der Waals surface area contributed by atoms with E-state index in [1.165, 1.54) is 12.1 Å². The number of amides is 1. The van der Waals surface area contributed by atoms with Crippen molar-refractivity contribution in [3.8, 4) is 11.6 Å². The minimum atomic E-state index is -1.02. The fraction of sp³-hybridized carbons (Fsp3) is 0.346. The largest absolute Gasteiger partial charge is 0.438 e. The van der Waals surface area contributed by atoms with Crippen molar-refractivity contribution in [2.45, 2.75) is 32.7 Å². The SMILES string of the molecule is CC1CCN(c2nc3c(c(Oc4ccc(F)c(F)c4)n2)CN(C(=O)c2ccc(Cl)c(Cl)c2)CC3)CC1. The van der Waals surface area contributed by atoms with E-state index in [9.17, 15) is 13.6 Å². The van der Waals surface area contributed by atoms with Crippen LogP contribution in [0.1, 0.15) is 41.4 Å². The molecule has 1 amide bonds. The number of piperidine rings is 1. The number of carbonyl (C=O) groups is 1. The van der Waals surface area contributed by atoms with Crippen molar-refractivity contribution in [2.75, 3.05) is 24.5 Å². The van der Waals surface area contributed by atoms with Gasteiger partial charge in [-0.2, -0.15) is 4.98 Å². The van der Waals surface area contributed by atoms with Crippen molar-refractivity contribution >= 4 is 35.1 Å². The number of anilines is 1. The van der Waals surface area contributed by atoms with Gasteiger partial charge in [0.15, 0.2) is 11.6 Å². The van der Waals surface area contributed by atoms with E-state index in [0.717, 1.165) is 43.8 Å². The van der Waals surface area contributed by atoms with Gasteiger partial charge in [-0.1, -0.05) is 30.1 Å². The molecule has 36 heavy (non-hydrogen) atoms. The lowest BCUT2D eigenvalue weighted by Crippen LogP contribution is -2.38. The lowest BCUT2D eigenvalue weighted by Gasteiger charge is -2.33. The van der Waals surface area contributed by atoms with Gasteiger partial charge in [0.25, 0.3) is 5.91 Å². The molecule has 0 radical (unpaired) electrons. The Morgan fingerprint density at radius 1 is 1.00 bits per heavy atom. The van der Waals surface area contributed by atoms with Gasteiger partial charge in [0.2, 0.25) is 11.8 Å². The van der Waals surface area contributed by atoms with Crippen LogP contribution in [0.4, 0.5) is 14.7 Å². The van der Waals surface area contributed by atoms with Crippen molar-refractivity contribution in [1.82, 2.24) is 14.9 Å². The highest BCUT2D eigenvalue weighted by Gasteiger charge is 2.29. The highest BCUT2D eigenvalue weighted by molar-refractivity contribution is 6.42. The zero-order valence-corrected chi connectivity index (χ0v) is 21.1. The van der Waals surface area contributed by atoms with E-state index in [0.29, 0.717) is 46.0 Å². The Labute approximate surface area is 217 Å². The number of carbonyl (C=O) groups excluding carboxylic acids is 1. The summed E-state index contributed by atoms with van der Waals surface area (Å²) in [7, 11) is 0. The van der Waals surface area contributed by atoms with E-state index in [1.54, 1.807) is 17.0 Å². The van der Waals surface area contributed by atoms with Crippen LogP contribution in [0.5, 0.6) is 11.6 Å². The molecule has 1 fully saturated rings. The molecule has 1 saturated heterocycles. The number of benzene rings is 2. The molecule has 1 aromatic heterocycles. The number of ether oxygens (including phenoxy) is 1. The second kappa shape index (κ2) is 10.2. The molecular weight excluding hydrogens is 509 g/mol. The van der Waals surface area contributed by atoms with E-state index < -0.39 is 11.6 Å². The molecule has 6 nitrogen and oxygen atoms in total. The first-order valence-electron chi connectivity index (χ1n) is 11.8. The Balaban J connectivity index is 1.48. The molecule has 3 heterocycles. The maximum atomic E-state index is 13.9. The van der Waals surface area contributed by atoms with E-state index >= 15 is 0 Å². The van der Waals surface area contributed by atoms with Gasteiger partial charge in [-0.15, -0.1) is 0 Å². The van der Waals surface area contributed by atoms with Crippen molar-refractivity contribution in [2.24, 2.45) is 5.92 Å². The summed E-state index contributed by atoms with van der Waals surface area (Å²) in [5, 5.41) is 0.665. The van der Waals surface area contributed by atoms with Gasteiger partial charge in [0, 0.05) is 37.7 Å². The lowest BCUT2D eigenvalue weighted by molar-refractivity contribution is 0.0732. The standard InChI is InChI=1S/C26H24Cl2F2N4O2/c1-15-6-9-33(10-7-15)26-31-23-8-11-34(25(35)16-2-4-19(27)20(28)12-16)14-18(23)24(32-26)36-17-3-5-21(29)22(30)13-17/h2-5,12-13,15H,6-11,14H2,1H3. The predicted octanol–water partition coefficient (Wildman–Crippen LogP) is 6.29. The van der Waals surface area contributed by atoms with Crippen LogP contribution in [0.15, 0.2) is 36.4 Å². The zero-order valence-electron chi connectivity index (χ0n) is 19.6. The van der Waals surface area contributed by atoms with Gasteiger partial charge in [-0.05, 0) is 49.1 Å². The molecule has 2 aromatic carbocycles. The Hall–Kier alpha value is -2.97. The summed E-state index contributed by atoms with van der Waals surface area (Å²) in [6.45, 7) is 4.52. The Morgan fingerprint density at radius 3 is 2.50 bits per heavy atom. The topological polar surface area (TPSA) is 58.6 Å². The smallest absolute Gasteiger partial charge is 0.254 e. The molecule has 0 atom stereocenters. The number of aromatic nitrogens is 2. The molecule has 2 aliphatic rings. The van der Waals surface area contributed by atoms with Crippen molar-refractivity contribution in [3.05, 3.63) is 74.9 Å². The first kappa shape index (κ1) is 24.7. The maximum Gasteiger partial charge on any atom is 0.254 e. The number of hydrogen-bond acceptors (Lipinski definition) is 5. The van der Waals surface area contributed by atoms with Crippen LogP contribution in [-0.2, 0) is 13.0 Å². The average Bonchev–Trinajstić information content (AvgIpc) is 2.87. The second-order valence-corrected chi connectivity index (χ2v) is 10.0. The van der Waals surface area contributed by atoms with Gasteiger partial charge in [0.1, 0.15) is 5.75 Å². The van der Waals surface area contributed by atoms with E-state index in [1.807, 2.05) is 0 Å². The summed E-state index contributed by atoms with van der Waals surface area (Å²) >= 11 is 12.1. The van der Waals surface area contributed by atoms with Gasteiger partial charge in [-0.25, -0.2) is 13.8 Å². The minimum Gasteiger partial charge on any atom is -0.438 e. The van der Waals surface area contributed by atoms with Crippen molar-refractivity contribution < 1.29 is 18.3 Å². The fourth-order valence-electron chi connectivity index (χ4n) is 4.44. The van der Waals surface area contributed by atoms with Gasteiger partial charge in [0.05, 0.1) is 27.8 Å². The number of halogens is 4. The number of fused-ring (bicyclic) bond motifs is 1. The van der Waals surface area contributed by atoms with Gasteiger partial charge >= 0.3 is 0 Å².